The van der Waals surface area contributed by atoms with E-state index < -0.39 is 8.07 Å². The van der Waals surface area contributed by atoms with E-state index in [1.807, 2.05) is 13.0 Å². The van der Waals surface area contributed by atoms with Gasteiger partial charge in [0, 0.05) is 12.0 Å². The monoisotopic (exact) mass is 350 g/mol. The number of rotatable bonds is 9. The average molecular weight is 351 g/mol. The van der Waals surface area contributed by atoms with E-state index in [0.717, 1.165) is 19.3 Å². The summed E-state index contributed by atoms with van der Waals surface area (Å²) in [6, 6.07) is 0. The van der Waals surface area contributed by atoms with E-state index in [1.54, 1.807) is 6.08 Å². The van der Waals surface area contributed by atoms with E-state index >= 15 is 0 Å². The molecule has 0 aromatic heterocycles. The number of esters is 1. The molecule has 0 saturated heterocycles. The van der Waals surface area contributed by atoms with Crippen molar-refractivity contribution in [2.75, 3.05) is 6.61 Å². The van der Waals surface area contributed by atoms with Crippen LogP contribution in [-0.4, -0.2) is 20.7 Å². The van der Waals surface area contributed by atoms with Crippen molar-refractivity contribution >= 4 is 14.0 Å². The molecule has 24 heavy (non-hydrogen) atoms. The molecule has 0 bridgehead atoms. The molecule has 0 aliphatic rings. The van der Waals surface area contributed by atoms with Crippen LogP contribution in [0.2, 0.25) is 16.6 Å². The van der Waals surface area contributed by atoms with Crippen molar-refractivity contribution < 1.29 is 9.53 Å². The van der Waals surface area contributed by atoms with Crippen LogP contribution in [0.4, 0.5) is 0 Å². The Bertz CT molecular complexity index is 430. The summed E-state index contributed by atoms with van der Waals surface area (Å²) in [5.74, 6) is 3.70. The number of hydrogen-bond donors (Lipinski definition) is 0. The lowest BCUT2D eigenvalue weighted by atomic mass is 10.0. The second-order valence-corrected chi connectivity index (χ2v) is 13.1. The van der Waals surface area contributed by atoms with Gasteiger partial charge < -0.3 is 4.74 Å². The molecular formula is C21H38O2Si. The molecule has 0 amide bonds. The van der Waals surface area contributed by atoms with Gasteiger partial charge in [0.1, 0.15) is 8.07 Å². The molecule has 0 heterocycles. The van der Waals surface area contributed by atoms with Crippen molar-refractivity contribution in [1.82, 2.24) is 0 Å². The summed E-state index contributed by atoms with van der Waals surface area (Å²) in [6.07, 6.45) is 6.51. The second-order valence-electron chi connectivity index (χ2n) is 7.54. The Kier molecular flexibility index (Phi) is 11.0. The maximum Gasteiger partial charge on any atom is 0.330 e. The lowest BCUT2D eigenvalue weighted by Crippen LogP contribution is -2.43. The number of ether oxygens (including phenoxy) is 1. The highest BCUT2D eigenvalue weighted by atomic mass is 28.3. The smallest absolute Gasteiger partial charge is 0.330 e. The van der Waals surface area contributed by atoms with Crippen molar-refractivity contribution in [3.05, 3.63) is 12.2 Å². The van der Waals surface area contributed by atoms with Crippen LogP contribution in [0.1, 0.15) is 74.7 Å². The first-order chi connectivity index (χ1) is 11.2. The first kappa shape index (κ1) is 23.0. The fraction of sp³-hybridized carbons (Fsp3) is 0.762. The van der Waals surface area contributed by atoms with Gasteiger partial charge in [-0.3, -0.25) is 0 Å². The molecular weight excluding hydrogens is 312 g/mol. The maximum atomic E-state index is 11.4. The lowest BCUT2D eigenvalue weighted by Gasteiger charge is -2.38. The normalized spacial score (nSPS) is 13.5. The topological polar surface area (TPSA) is 26.3 Å². The minimum atomic E-state index is -1.67. The van der Waals surface area contributed by atoms with E-state index in [1.165, 1.54) is 0 Å². The molecule has 1 atom stereocenters. The SMILES string of the molecule is CCC[C@@H](C#C[Si](C(C)C)(C(C)C)C(C)C)C/C=C/C(=O)OCC. The summed E-state index contributed by atoms with van der Waals surface area (Å²) in [4.78, 5) is 11.4. The Labute approximate surface area is 151 Å². The highest BCUT2D eigenvalue weighted by Crippen LogP contribution is 2.40. The zero-order valence-electron chi connectivity index (χ0n) is 17.1. The molecule has 138 valence electrons. The molecule has 0 spiro atoms. The van der Waals surface area contributed by atoms with Gasteiger partial charge in [0.05, 0.1) is 6.61 Å². The molecule has 0 unspecified atom stereocenters. The van der Waals surface area contributed by atoms with Crippen LogP contribution >= 0.6 is 0 Å². The van der Waals surface area contributed by atoms with Gasteiger partial charge in [0.2, 0.25) is 0 Å². The zero-order valence-corrected chi connectivity index (χ0v) is 18.1. The van der Waals surface area contributed by atoms with Crippen molar-refractivity contribution in [1.29, 1.82) is 0 Å². The quantitative estimate of drug-likeness (QED) is 0.216. The number of carbonyl (C=O) groups excluding carboxylic acids is 1. The summed E-state index contributed by atoms with van der Waals surface area (Å²) in [5.41, 5.74) is 5.78. The molecule has 0 N–H and O–H groups in total. The third-order valence-corrected chi connectivity index (χ3v) is 11.3. The summed E-state index contributed by atoms with van der Waals surface area (Å²) in [5, 5.41) is 0. The van der Waals surface area contributed by atoms with Crippen LogP contribution in [-0.2, 0) is 9.53 Å². The number of allylic oxidation sites excluding steroid dienone is 1. The van der Waals surface area contributed by atoms with Gasteiger partial charge >= 0.3 is 5.97 Å². The maximum absolute atomic E-state index is 11.4. The van der Waals surface area contributed by atoms with E-state index in [4.69, 9.17) is 4.74 Å². The molecule has 0 aromatic carbocycles. The van der Waals surface area contributed by atoms with Gasteiger partial charge in [-0.25, -0.2) is 4.79 Å². The van der Waals surface area contributed by atoms with Crippen LogP contribution in [0.25, 0.3) is 0 Å². The molecule has 0 fully saturated rings. The highest BCUT2D eigenvalue weighted by molar-refractivity contribution is 6.90. The molecule has 0 saturated carbocycles. The Balaban J connectivity index is 5.29. The minimum Gasteiger partial charge on any atom is -0.463 e. The van der Waals surface area contributed by atoms with Gasteiger partial charge in [-0.15, -0.1) is 11.5 Å². The predicted octanol–water partition coefficient (Wildman–Crippen LogP) is 6.13. The van der Waals surface area contributed by atoms with Crippen molar-refractivity contribution in [3.63, 3.8) is 0 Å². The van der Waals surface area contributed by atoms with Gasteiger partial charge in [0.25, 0.3) is 0 Å². The van der Waals surface area contributed by atoms with E-state index in [9.17, 15) is 4.79 Å². The number of carbonyl (C=O) groups is 1. The Morgan fingerprint density at radius 3 is 2.00 bits per heavy atom. The van der Waals surface area contributed by atoms with E-state index in [0.29, 0.717) is 29.1 Å². The van der Waals surface area contributed by atoms with Crippen LogP contribution in [0.15, 0.2) is 12.2 Å². The van der Waals surface area contributed by atoms with Gasteiger partial charge in [-0.05, 0) is 36.4 Å². The van der Waals surface area contributed by atoms with Gasteiger partial charge in [-0.1, -0.05) is 61.0 Å². The second kappa shape index (κ2) is 11.5. The summed E-state index contributed by atoms with van der Waals surface area (Å²) >= 11 is 0. The van der Waals surface area contributed by atoms with Crippen LogP contribution < -0.4 is 0 Å². The average Bonchev–Trinajstić information content (AvgIpc) is 2.46. The van der Waals surface area contributed by atoms with E-state index in [2.05, 4.69) is 59.9 Å². The highest BCUT2D eigenvalue weighted by Gasteiger charge is 2.41. The Morgan fingerprint density at radius 1 is 1.04 bits per heavy atom. The van der Waals surface area contributed by atoms with Crippen LogP contribution in [0.3, 0.4) is 0 Å². The lowest BCUT2D eigenvalue weighted by molar-refractivity contribution is -0.137. The van der Waals surface area contributed by atoms with Crippen LogP contribution in [0.5, 0.6) is 0 Å². The van der Waals surface area contributed by atoms with Crippen molar-refractivity contribution in [3.8, 4) is 11.5 Å². The molecule has 0 radical (unpaired) electrons. The predicted molar refractivity (Wildman–Crippen MR) is 108 cm³/mol. The van der Waals surface area contributed by atoms with Crippen molar-refractivity contribution in [2.24, 2.45) is 5.92 Å². The molecule has 0 rings (SSSR count). The molecule has 3 heteroatoms. The largest absolute Gasteiger partial charge is 0.463 e. The first-order valence-electron chi connectivity index (χ1n) is 9.58. The number of hydrogen-bond acceptors (Lipinski definition) is 2. The molecule has 0 aliphatic heterocycles. The fourth-order valence-corrected chi connectivity index (χ4v) is 9.10. The first-order valence-corrected chi connectivity index (χ1v) is 11.8. The standard InChI is InChI=1S/C21H38O2Si/c1-9-12-20(13-11-14-21(22)23-10-2)15-16-24(17(3)4,18(5)6)19(7)8/h11,14,17-20H,9-10,12-13H2,1-8H3/b14-11+/t20-/m1/s1. The third-order valence-electron chi connectivity index (χ3n) is 4.96. The summed E-state index contributed by atoms with van der Waals surface area (Å²) in [7, 11) is -1.67. The summed E-state index contributed by atoms with van der Waals surface area (Å²) < 4.78 is 4.94. The van der Waals surface area contributed by atoms with Crippen LogP contribution in [0, 0.1) is 17.4 Å². The third kappa shape index (κ3) is 6.85. The zero-order chi connectivity index (χ0) is 18.8. The van der Waals surface area contributed by atoms with Gasteiger partial charge in [-0.2, -0.15) is 0 Å². The Hall–Kier alpha value is -1.01. The molecule has 0 aliphatic carbocycles. The molecule has 0 aromatic rings. The van der Waals surface area contributed by atoms with Gasteiger partial charge in [0.15, 0.2) is 0 Å². The molecule has 2 nitrogen and oxygen atoms in total. The summed E-state index contributed by atoms with van der Waals surface area (Å²) in [6.45, 7) is 18.5. The van der Waals surface area contributed by atoms with Crippen molar-refractivity contribution in [2.45, 2.75) is 91.3 Å². The fourth-order valence-electron chi connectivity index (χ4n) is 3.78. The minimum absolute atomic E-state index is 0.254. The Morgan fingerprint density at radius 2 is 1.58 bits per heavy atom. The van der Waals surface area contributed by atoms with E-state index in [-0.39, 0.29) is 5.97 Å².